The van der Waals surface area contributed by atoms with Gasteiger partial charge in [-0.15, -0.1) is 0 Å². The molecule has 0 aliphatic heterocycles. The summed E-state index contributed by atoms with van der Waals surface area (Å²) in [4.78, 5) is 13.0. The van der Waals surface area contributed by atoms with E-state index >= 15 is 0 Å². The lowest BCUT2D eigenvalue weighted by Gasteiger charge is -2.09. The van der Waals surface area contributed by atoms with Crippen LogP contribution in [0.3, 0.4) is 0 Å². The third-order valence-electron chi connectivity index (χ3n) is 5.69. The molecule has 0 unspecified atom stereocenters. The maximum absolute atomic E-state index is 13.0. The van der Waals surface area contributed by atoms with Gasteiger partial charge in [0.2, 0.25) is 0 Å². The fourth-order valence-electron chi connectivity index (χ4n) is 3.67. The Labute approximate surface area is 121 Å². The van der Waals surface area contributed by atoms with Gasteiger partial charge >= 0.3 is 0 Å². The molecule has 0 spiro atoms. The molecule has 20 heavy (non-hydrogen) atoms. The summed E-state index contributed by atoms with van der Waals surface area (Å²) >= 11 is 0. The maximum Gasteiger partial charge on any atom is 0.167 e. The van der Waals surface area contributed by atoms with Gasteiger partial charge in [0.25, 0.3) is 0 Å². The van der Waals surface area contributed by atoms with Crippen LogP contribution < -0.4 is 0 Å². The molecule has 1 heteroatoms. The van der Waals surface area contributed by atoms with Gasteiger partial charge in [-0.2, -0.15) is 0 Å². The van der Waals surface area contributed by atoms with Crippen LogP contribution in [0, 0.1) is 23.7 Å². The fourth-order valence-corrected chi connectivity index (χ4v) is 3.67. The Bertz CT molecular complexity index is 693. The van der Waals surface area contributed by atoms with Crippen LogP contribution in [0.4, 0.5) is 0 Å². The zero-order chi connectivity index (χ0) is 14.7. The Kier molecular flexibility index (Phi) is 2.63. The molecule has 0 bridgehead atoms. The molecule has 1 aliphatic rings. The first-order valence-electron chi connectivity index (χ1n) is 7.31. The number of hydrogen-bond acceptors (Lipinski definition) is 1. The van der Waals surface area contributed by atoms with E-state index in [1.165, 1.54) is 10.9 Å². The molecule has 0 heterocycles. The van der Waals surface area contributed by atoms with Crippen LogP contribution in [0.25, 0.3) is 10.8 Å². The Morgan fingerprint density at radius 1 is 0.900 bits per heavy atom. The van der Waals surface area contributed by atoms with Crippen molar-refractivity contribution in [2.24, 2.45) is 16.7 Å². The molecule has 1 aliphatic carbocycles. The topological polar surface area (TPSA) is 17.1 Å². The monoisotopic (exact) mass is 266 g/mol. The molecule has 0 atom stereocenters. The number of fused-ring (bicyclic) bond motifs is 1. The average Bonchev–Trinajstić information content (AvgIpc) is 2.80. The van der Waals surface area contributed by atoms with E-state index in [4.69, 9.17) is 0 Å². The van der Waals surface area contributed by atoms with Crippen molar-refractivity contribution in [3.05, 3.63) is 47.5 Å². The normalized spacial score (nSPS) is 20.1. The number of carbonyl (C=O) groups excluding carboxylic acids is 1. The quantitative estimate of drug-likeness (QED) is 0.698. The summed E-state index contributed by atoms with van der Waals surface area (Å²) in [6.45, 7) is 10.9. The summed E-state index contributed by atoms with van der Waals surface area (Å²) in [7, 11) is 0. The number of benzene rings is 2. The molecule has 2 aromatic rings. The second-order valence-corrected chi connectivity index (χ2v) is 7.22. The standard InChI is InChI=1S/C19H22O/c1-12-10-11-15(14-9-7-6-8-13(12)14)16(20)17-18(2,3)19(17,4)5/h6-11,17H,1-5H3. The highest BCUT2D eigenvalue weighted by Gasteiger charge is 2.67. The molecule has 3 rings (SSSR count). The van der Waals surface area contributed by atoms with Crippen molar-refractivity contribution in [1.82, 2.24) is 0 Å². The lowest BCUT2D eigenvalue weighted by molar-refractivity contribution is 0.0947. The van der Waals surface area contributed by atoms with Crippen LogP contribution in [0.15, 0.2) is 36.4 Å². The highest BCUT2D eigenvalue weighted by atomic mass is 16.1. The van der Waals surface area contributed by atoms with Gasteiger partial charge < -0.3 is 0 Å². The fraction of sp³-hybridized carbons (Fsp3) is 0.421. The molecule has 1 nitrogen and oxygen atoms in total. The molecule has 0 saturated heterocycles. The predicted molar refractivity (Wildman–Crippen MR) is 84.1 cm³/mol. The van der Waals surface area contributed by atoms with Gasteiger partial charge in [0.1, 0.15) is 0 Å². The SMILES string of the molecule is Cc1ccc(C(=O)C2C(C)(C)C2(C)C)c2ccccc12. The largest absolute Gasteiger partial charge is 0.294 e. The molecule has 0 aromatic heterocycles. The number of ketones is 1. The van der Waals surface area contributed by atoms with Crippen molar-refractivity contribution in [2.45, 2.75) is 34.6 Å². The molecule has 2 aromatic carbocycles. The van der Waals surface area contributed by atoms with E-state index in [9.17, 15) is 4.79 Å². The molecular weight excluding hydrogens is 244 g/mol. The van der Waals surface area contributed by atoms with E-state index in [1.54, 1.807) is 0 Å². The lowest BCUT2D eigenvalue weighted by atomic mass is 9.94. The van der Waals surface area contributed by atoms with Crippen molar-refractivity contribution < 1.29 is 4.79 Å². The third kappa shape index (κ3) is 1.59. The number of aryl methyl sites for hydroxylation is 1. The summed E-state index contributed by atoms with van der Waals surface area (Å²) in [5.41, 5.74) is 2.30. The summed E-state index contributed by atoms with van der Waals surface area (Å²) in [6.07, 6.45) is 0. The zero-order valence-corrected chi connectivity index (χ0v) is 12.9. The summed E-state index contributed by atoms with van der Waals surface area (Å²) in [5.74, 6) is 0.428. The van der Waals surface area contributed by atoms with Gasteiger partial charge in [-0.25, -0.2) is 0 Å². The van der Waals surface area contributed by atoms with Gasteiger partial charge in [-0.1, -0.05) is 64.1 Å². The molecular formula is C19H22O. The zero-order valence-electron chi connectivity index (χ0n) is 12.9. The van der Waals surface area contributed by atoms with E-state index in [0.717, 1.165) is 10.9 Å². The van der Waals surface area contributed by atoms with Crippen molar-refractivity contribution >= 4 is 16.6 Å². The van der Waals surface area contributed by atoms with Gasteiger partial charge in [-0.05, 0) is 34.1 Å². The number of carbonyl (C=O) groups is 1. The van der Waals surface area contributed by atoms with E-state index in [2.05, 4.69) is 52.8 Å². The molecule has 0 radical (unpaired) electrons. The van der Waals surface area contributed by atoms with E-state index in [0.29, 0.717) is 5.78 Å². The van der Waals surface area contributed by atoms with E-state index < -0.39 is 0 Å². The van der Waals surface area contributed by atoms with Crippen molar-refractivity contribution in [2.75, 3.05) is 0 Å². The van der Waals surface area contributed by atoms with E-state index in [-0.39, 0.29) is 16.7 Å². The Morgan fingerprint density at radius 3 is 2.00 bits per heavy atom. The van der Waals surface area contributed by atoms with Crippen LogP contribution in [-0.2, 0) is 0 Å². The predicted octanol–water partition coefficient (Wildman–Crippen LogP) is 5.01. The third-order valence-corrected chi connectivity index (χ3v) is 5.69. The van der Waals surface area contributed by atoms with Crippen LogP contribution in [0.5, 0.6) is 0 Å². The lowest BCUT2D eigenvalue weighted by Crippen LogP contribution is -2.08. The molecule has 1 saturated carbocycles. The number of hydrogen-bond donors (Lipinski definition) is 0. The van der Waals surface area contributed by atoms with Crippen LogP contribution >= 0.6 is 0 Å². The van der Waals surface area contributed by atoms with Gasteiger partial charge in [0.15, 0.2) is 5.78 Å². The molecule has 0 amide bonds. The first kappa shape index (κ1) is 13.4. The first-order valence-corrected chi connectivity index (χ1v) is 7.31. The molecule has 1 fully saturated rings. The highest BCUT2D eigenvalue weighted by Crippen LogP contribution is 2.69. The Hall–Kier alpha value is -1.63. The number of rotatable bonds is 2. The Morgan fingerprint density at radius 2 is 1.45 bits per heavy atom. The second-order valence-electron chi connectivity index (χ2n) is 7.22. The van der Waals surface area contributed by atoms with Crippen LogP contribution in [0.2, 0.25) is 0 Å². The van der Waals surface area contributed by atoms with Crippen molar-refractivity contribution in [3.8, 4) is 0 Å². The van der Waals surface area contributed by atoms with Gasteiger partial charge in [0, 0.05) is 11.5 Å². The summed E-state index contributed by atoms with van der Waals surface area (Å²) in [5, 5.41) is 2.28. The van der Waals surface area contributed by atoms with Gasteiger partial charge in [-0.3, -0.25) is 4.79 Å². The van der Waals surface area contributed by atoms with Crippen LogP contribution in [0.1, 0.15) is 43.6 Å². The number of Topliss-reactive ketones (excluding diaryl/α,β-unsaturated/α-hetero) is 1. The molecule has 104 valence electrons. The Balaban J connectivity index is 2.13. The van der Waals surface area contributed by atoms with E-state index in [1.807, 2.05) is 18.2 Å². The average molecular weight is 266 g/mol. The summed E-state index contributed by atoms with van der Waals surface area (Å²) < 4.78 is 0. The van der Waals surface area contributed by atoms with Crippen molar-refractivity contribution in [1.29, 1.82) is 0 Å². The second kappa shape index (κ2) is 3.94. The highest BCUT2D eigenvalue weighted by molar-refractivity contribution is 6.11. The minimum Gasteiger partial charge on any atom is -0.294 e. The smallest absolute Gasteiger partial charge is 0.167 e. The molecule has 0 N–H and O–H groups in total. The minimum atomic E-state index is 0.0933. The van der Waals surface area contributed by atoms with Crippen LogP contribution in [-0.4, -0.2) is 5.78 Å². The summed E-state index contributed by atoms with van der Waals surface area (Å²) in [6, 6.07) is 12.3. The van der Waals surface area contributed by atoms with Gasteiger partial charge in [0.05, 0.1) is 0 Å². The first-order chi connectivity index (χ1) is 9.28. The minimum absolute atomic E-state index is 0.0933. The maximum atomic E-state index is 13.0. The van der Waals surface area contributed by atoms with Crippen molar-refractivity contribution in [3.63, 3.8) is 0 Å².